The zero-order valence-corrected chi connectivity index (χ0v) is 24.7. The van der Waals surface area contributed by atoms with Crippen LogP contribution in [0.5, 0.6) is 0 Å². The quantitative estimate of drug-likeness (QED) is 0.227. The van der Waals surface area contributed by atoms with Crippen molar-refractivity contribution in [3.05, 3.63) is 0 Å². The summed E-state index contributed by atoms with van der Waals surface area (Å²) in [5.74, 6) is -4.45. The second-order valence-corrected chi connectivity index (χ2v) is 9.58. The molecule has 0 unspecified atom stereocenters. The molecule has 0 saturated carbocycles. The molecule has 2 rings (SSSR count). The molecule has 16 nitrogen and oxygen atoms in total. The van der Waals surface area contributed by atoms with Gasteiger partial charge in [-0.25, -0.2) is 0 Å². The van der Waals surface area contributed by atoms with Crippen molar-refractivity contribution in [1.82, 2.24) is 0 Å². The summed E-state index contributed by atoms with van der Waals surface area (Å²) in [6.45, 7) is 6.79. The minimum Gasteiger partial charge on any atom is -0.456 e. The Kier molecular flexibility index (Phi) is 13.1. The second-order valence-electron chi connectivity index (χ2n) is 9.58. The fraction of sp³-hybridized carbons (Fsp3) is 0.769. The molecule has 0 aromatic heterocycles. The van der Waals surface area contributed by atoms with E-state index in [0.717, 1.165) is 41.5 Å². The van der Waals surface area contributed by atoms with Gasteiger partial charge in [0.25, 0.3) is 0 Å². The first-order valence-electron chi connectivity index (χ1n) is 13.1. The number of hydrogen-bond acceptors (Lipinski definition) is 16. The fourth-order valence-corrected chi connectivity index (χ4v) is 4.88. The third kappa shape index (κ3) is 9.61. The van der Waals surface area contributed by atoms with Gasteiger partial charge in [-0.1, -0.05) is 0 Å². The minimum atomic E-state index is -1.32. The molecular weight excluding hydrogens is 568 g/mol. The number of rotatable bonds is 11. The van der Waals surface area contributed by atoms with Crippen LogP contribution in [0, 0.1) is 0 Å². The van der Waals surface area contributed by atoms with Crippen LogP contribution < -0.4 is 0 Å². The SMILES string of the molecule is CO[C@H]1O[C@H](CC[C@H]2O[C@H](OC)[C@@H](OC(C)=O)[C@@H](OC(C)=O)[C@@H]2OC(C)=O)[C@H](OC(C)=O)[C@H](OC(C)=O)[C@@H]1OC(C)=O. The van der Waals surface area contributed by atoms with E-state index in [1.807, 2.05) is 0 Å². The lowest BCUT2D eigenvalue weighted by molar-refractivity contribution is -0.308. The van der Waals surface area contributed by atoms with E-state index in [1.54, 1.807) is 0 Å². The molecule has 0 aromatic carbocycles. The van der Waals surface area contributed by atoms with Crippen LogP contribution in [0.3, 0.4) is 0 Å². The van der Waals surface area contributed by atoms with Crippen LogP contribution in [0.1, 0.15) is 54.4 Å². The van der Waals surface area contributed by atoms with Crippen LogP contribution in [-0.2, 0) is 76.1 Å². The third-order valence-corrected chi connectivity index (χ3v) is 6.19. The highest BCUT2D eigenvalue weighted by Crippen LogP contribution is 2.35. The summed E-state index contributed by atoms with van der Waals surface area (Å²) in [6, 6.07) is 0. The van der Waals surface area contributed by atoms with E-state index in [0.29, 0.717) is 0 Å². The summed E-state index contributed by atoms with van der Waals surface area (Å²) in [6.07, 6.45) is -12.3. The summed E-state index contributed by atoms with van der Waals surface area (Å²) < 4.78 is 55.0. The Morgan fingerprint density at radius 1 is 0.429 bits per heavy atom. The summed E-state index contributed by atoms with van der Waals surface area (Å²) in [5, 5.41) is 0. The number of methoxy groups -OCH3 is 2. The number of esters is 6. The van der Waals surface area contributed by atoms with E-state index < -0.39 is 97.2 Å². The Labute approximate surface area is 242 Å². The predicted octanol–water partition coefficient (Wildman–Crippen LogP) is 0.0994. The molecule has 0 bridgehead atoms. The number of carbonyl (C=O) groups is 6. The van der Waals surface area contributed by atoms with Crippen LogP contribution in [0.4, 0.5) is 0 Å². The molecule has 0 spiro atoms. The average molecular weight is 607 g/mol. The first-order valence-corrected chi connectivity index (χ1v) is 13.1. The van der Waals surface area contributed by atoms with Gasteiger partial charge in [0.05, 0.1) is 0 Å². The Hall–Kier alpha value is -3.34. The van der Waals surface area contributed by atoms with Crippen molar-refractivity contribution in [3.8, 4) is 0 Å². The zero-order chi connectivity index (χ0) is 31.7. The summed E-state index contributed by atoms with van der Waals surface area (Å²) in [5.41, 5.74) is 0. The maximum absolute atomic E-state index is 12.1. The van der Waals surface area contributed by atoms with Crippen molar-refractivity contribution in [1.29, 1.82) is 0 Å². The standard InChI is InChI=1S/C26H38O16/c1-11(27)35-19-17(41-25(33-7)23(39-15(5)31)21(19)37-13(3)29)9-10-18-20(36-12(2)28)22(38-14(4)30)24(40-16(6)32)26(34-8)42-18/h17-26H,9-10H2,1-8H3/t17-,18-,19-,20+,21+,22+,23+,24+,25+,26+/m1/s1. The largest absolute Gasteiger partial charge is 0.456 e. The molecule has 2 saturated heterocycles. The molecule has 42 heavy (non-hydrogen) atoms. The predicted molar refractivity (Wildman–Crippen MR) is 134 cm³/mol. The molecule has 0 aromatic rings. The maximum atomic E-state index is 12.1. The lowest BCUT2D eigenvalue weighted by Gasteiger charge is -2.46. The minimum absolute atomic E-state index is 0.00769. The molecule has 0 N–H and O–H groups in total. The van der Waals surface area contributed by atoms with Crippen molar-refractivity contribution >= 4 is 35.8 Å². The van der Waals surface area contributed by atoms with Crippen molar-refractivity contribution < 1.29 is 76.1 Å². The molecule has 2 aliphatic rings. The van der Waals surface area contributed by atoms with Crippen LogP contribution in [-0.4, -0.2) is 111 Å². The van der Waals surface area contributed by atoms with Crippen molar-refractivity contribution in [2.75, 3.05) is 14.2 Å². The average Bonchev–Trinajstić information content (AvgIpc) is 2.86. The highest BCUT2D eigenvalue weighted by atomic mass is 16.7. The Bertz CT molecular complexity index is 919. The van der Waals surface area contributed by atoms with Gasteiger partial charge in [-0.15, -0.1) is 0 Å². The van der Waals surface area contributed by atoms with Crippen molar-refractivity contribution in [2.24, 2.45) is 0 Å². The summed E-state index contributed by atoms with van der Waals surface area (Å²) in [7, 11) is 2.55. The van der Waals surface area contributed by atoms with Gasteiger partial charge in [-0.2, -0.15) is 0 Å². The number of hydrogen-bond donors (Lipinski definition) is 0. The first-order chi connectivity index (χ1) is 19.7. The Morgan fingerprint density at radius 2 is 0.667 bits per heavy atom. The van der Waals surface area contributed by atoms with E-state index in [1.165, 1.54) is 14.2 Å². The van der Waals surface area contributed by atoms with Crippen LogP contribution >= 0.6 is 0 Å². The van der Waals surface area contributed by atoms with Gasteiger partial charge in [-0.05, 0) is 12.8 Å². The summed E-state index contributed by atoms with van der Waals surface area (Å²) >= 11 is 0. The van der Waals surface area contributed by atoms with E-state index in [9.17, 15) is 28.8 Å². The molecule has 2 aliphatic heterocycles. The second kappa shape index (κ2) is 15.8. The lowest BCUT2D eigenvalue weighted by atomic mass is 9.90. The van der Waals surface area contributed by atoms with Gasteiger partial charge in [0.2, 0.25) is 0 Å². The smallest absolute Gasteiger partial charge is 0.303 e. The zero-order valence-electron chi connectivity index (χ0n) is 24.7. The third-order valence-electron chi connectivity index (χ3n) is 6.19. The molecule has 2 heterocycles. The van der Waals surface area contributed by atoms with E-state index in [2.05, 4.69) is 0 Å². The van der Waals surface area contributed by atoms with E-state index in [4.69, 9.17) is 47.4 Å². The van der Waals surface area contributed by atoms with Crippen LogP contribution in [0.2, 0.25) is 0 Å². The molecule has 2 fully saturated rings. The van der Waals surface area contributed by atoms with Gasteiger partial charge in [0.15, 0.2) is 49.2 Å². The van der Waals surface area contributed by atoms with Crippen LogP contribution in [0.25, 0.3) is 0 Å². The molecule has 0 aliphatic carbocycles. The Morgan fingerprint density at radius 3 is 0.905 bits per heavy atom. The van der Waals surface area contributed by atoms with Gasteiger partial charge >= 0.3 is 35.8 Å². The maximum Gasteiger partial charge on any atom is 0.303 e. The monoisotopic (exact) mass is 606 g/mol. The number of ether oxygens (including phenoxy) is 10. The molecule has 0 radical (unpaired) electrons. The molecule has 10 atom stereocenters. The number of carbonyl (C=O) groups excluding carboxylic acids is 6. The van der Waals surface area contributed by atoms with Crippen molar-refractivity contribution in [2.45, 2.75) is 116 Å². The lowest BCUT2D eigenvalue weighted by Crippen LogP contribution is -2.63. The van der Waals surface area contributed by atoms with E-state index in [-0.39, 0.29) is 12.8 Å². The highest BCUT2D eigenvalue weighted by molar-refractivity contribution is 5.69. The van der Waals surface area contributed by atoms with Gasteiger partial charge in [-0.3, -0.25) is 28.8 Å². The van der Waals surface area contributed by atoms with Gasteiger partial charge < -0.3 is 47.4 Å². The fourth-order valence-electron chi connectivity index (χ4n) is 4.88. The Balaban J connectivity index is 2.45. The summed E-state index contributed by atoms with van der Waals surface area (Å²) in [4.78, 5) is 71.7. The van der Waals surface area contributed by atoms with Gasteiger partial charge in [0.1, 0.15) is 12.2 Å². The first kappa shape index (κ1) is 34.9. The van der Waals surface area contributed by atoms with Gasteiger partial charge in [0, 0.05) is 55.8 Å². The van der Waals surface area contributed by atoms with E-state index >= 15 is 0 Å². The molecular formula is C26H38O16. The van der Waals surface area contributed by atoms with Crippen LogP contribution in [0.15, 0.2) is 0 Å². The molecule has 16 heteroatoms. The van der Waals surface area contributed by atoms with Crippen molar-refractivity contribution in [3.63, 3.8) is 0 Å². The normalized spacial score (nSPS) is 32.6. The molecule has 238 valence electrons. The highest BCUT2D eigenvalue weighted by Gasteiger charge is 2.54. The molecule has 0 amide bonds. The topological polar surface area (TPSA) is 195 Å².